The number of hydrogen-bond acceptors (Lipinski definition) is 5. The van der Waals surface area contributed by atoms with Crippen molar-refractivity contribution in [1.29, 1.82) is 5.26 Å². The predicted molar refractivity (Wildman–Crippen MR) is 116 cm³/mol. The molecule has 6 nitrogen and oxygen atoms in total. The average Bonchev–Trinajstić information content (AvgIpc) is 3.38. The first-order valence-electron chi connectivity index (χ1n) is 9.54. The number of aliphatic hydroxyl groups excluding tert-OH is 1. The first kappa shape index (κ1) is 19.7. The lowest BCUT2D eigenvalue weighted by molar-refractivity contribution is 0.302. The number of anilines is 1. The van der Waals surface area contributed by atoms with Crippen LogP contribution in [0.25, 0.3) is 21.9 Å². The van der Waals surface area contributed by atoms with Gasteiger partial charge in [0.1, 0.15) is 11.9 Å². The maximum absolute atomic E-state index is 13.7. The second-order valence-corrected chi connectivity index (χ2v) is 8.14. The molecule has 0 spiro atoms. The molecule has 0 amide bonds. The van der Waals surface area contributed by atoms with Crippen LogP contribution < -0.4 is 10.0 Å². The Labute approximate surface area is 173 Å². The van der Waals surface area contributed by atoms with Gasteiger partial charge < -0.3 is 15.4 Å². The highest BCUT2D eigenvalue weighted by Gasteiger charge is 2.28. The molecule has 2 heterocycles. The van der Waals surface area contributed by atoms with E-state index in [1.807, 2.05) is 24.5 Å². The lowest BCUT2D eigenvalue weighted by Gasteiger charge is -2.16. The number of aliphatic hydroxyl groups is 1. The zero-order valence-electron chi connectivity index (χ0n) is 15.8. The first-order valence-corrected chi connectivity index (χ1v) is 10.4. The average molecular weight is 413 g/mol. The Bertz CT molecular complexity index is 1050. The SMILES string of the molecule is N#Cc1cc(-c2cc(NC3CCN([SH+]NCCO)C3)c3c[nH]cc3c2)ccc1F. The fourth-order valence-corrected chi connectivity index (χ4v) is 4.51. The number of H-pyrrole nitrogens is 1. The van der Waals surface area contributed by atoms with Gasteiger partial charge >= 0.3 is 0 Å². The highest BCUT2D eigenvalue weighted by atomic mass is 32.2. The van der Waals surface area contributed by atoms with Gasteiger partial charge in [0.25, 0.3) is 0 Å². The van der Waals surface area contributed by atoms with Gasteiger partial charge in [-0.3, -0.25) is 0 Å². The topological polar surface area (TPSA) is 87.1 Å². The van der Waals surface area contributed by atoms with Crippen molar-refractivity contribution in [2.45, 2.75) is 12.5 Å². The van der Waals surface area contributed by atoms with E-state index in [9.17, 15) is 4.39 Å². The van der Waals surface area contributed by atoms with Crippen LogP contribution in [0.3, 0.4) is 0 Å². The Kier molecular flexibility index (Phi) is 6.02. The lowest BCUT2D eigenvalue weighted by Crippen LogP contribution is -2.32. The predicted octanol–water partition coefficient (Wildman–Crippen LogP) is 2.56. The summed E-state index contributed by atoms with van der Waals surface area (Å²) in [6, 6.07) is 11.0. The fraction of sp³-hybridized carbons (Fsp3) is 0.286. The number of nitrogens with zero attached hydrogens (tertiary/aromatic N) is 2. The third-order valence-electron chi connectivity index (χ3n) is 5.06. The van der Waals surface area contributed by atoms with Crippen LogP contribution in [0, 0.1) is 17.1 Å². The normalized spacial score (nSPS) is 16.9. The molecule has 0 bridgehead atoms. The summed E-state index contributed by atoms with van der Waals surface area (Å²) in [5.41, 5.74) is 2.82. The number of thiol groups is 1. The standard InChI is InChI=1S/C21H22FN5OS/c22-20-2-1-14(7-16(20)10-23)15-8-17-11-24-12-19(17)21(9-15)26-18-3-5-27(13-18)29-25-4-6-28/h1-2,7-9,11-12,18,24-26,28H,3-6,13H2/p+1. The first-order chi connectivity index (χ1) is 14.2. The van der Waals surface area contributed by atoms with E-state index in [2.05, 4.69) is 25.4 Å². The summed E-state index contributed by atoms with van der Waals surface area (Å²) >= 11 is 1.03. The maximum atomic E-state index is 13.7. The van der Waals surface area contributed by atoms with Crippen molar-refractivity contribution in [2.24, 2.45) is 0 Å². The molecule has 0 saturated carbocycles. The molecule has 1 aliphatic rings. The molecular weight excluding hydrogens is 389 g/mol. The van der Waals surface area contributed by atoms with Crippen LogP contribution in [0.1, 0.15) is 12.0 Å². The quantitative estimate of drug-likeness (QED) is 0.272. The third-order valence-corrected chi connectivity index (χ3v) is 6.07. The summed E-state index contributed by atoms with van der Waals surface area (Å²) in [5.74, 6) is -0.502. The molecule has 4 rings (SSSR count). The summed E-state index contributed by atoms with van der Waals surface area (Å²) in [5, 5.41) is 23.9. The van der Waals surface area contributed by atoms with Crippen molar-refractivity contribution >= 4 is 28.6 Å². The van der Waals surface area contributed by atoms with Crippen molar-refractivity contribution in [3.05, 3.63) is 54.1 Å². The van der Waals surface area contributed by atoms with Gasteiger partial charge in [-0.25, -0.2) is 4.39 Å². The van der Waals surface area contributed by atoms with Gasteiger partial charge in [-0.2, -0.15) is 5.26 Å². The molecule has 150 valence electrons. The Morgan fingerprint density at radius 2 is 2.17 bits per heavy atom. The van der Waals surface area contributed by atoms with E-state index in [1.165, 1.54) is 6.07 Å². The number of nitriles is 1. The van der Waals surface area contributed by atoms with Crippen molar-refractivity contribution in [1.82, 2.24) is 14.0 Å². The maximum Gasteiger partial charge on any atom is 0.151 e. The molecule has 3 aromatic rings. The molecule has 0 radical (unpaired) electrons. The highest BCUT2D eigenvalue weighted by Crippen LogP contribution is 2.33. The van der Waals surface area contributed by atoms with Crippen LogP contribution in [0.2, 0.25) is 0 Å². The van der Waals surface area contributed by atoms with Gasteiger partial charge in [-0.15, -0.1) is 9.03 Å². The number of rotatable bonds is 7. The van der Waals surface area contributed by atoms with Crippen LogP contribution in [-0.4, -0.2) is 46.7 Å². The molecule has 1 atom stereocenters. The van der Waals surface area contributed by atoms with Crippen molar-refractivity contribution in [3.8, 4) is 17.2 Å². The van der Waals surface area contributed by atoms with Gasteiger partial charge in [-0.05, 0) is 41.8 Å². The molecule has 8 heteroatoms. The molecule has 1 fully saturated rings. The number of benzene rings is 2. The van der Waals surface area contributed by atoms with Gasteiger partial charge in [0.05, 0.1) is 25.3 Å². The van der Waals surface area contributed by atoms with E-state index in [-0.39, 0.29) is 12.2 Å². The number of fused-ring (bicyclic) bond motifs is 1. The van der Waals surface area contributed by atoms with Gasteiger partial charge in [0.2, 0.25) is 0 Å². The second-order valence-electron chi connectivity index (χ2n) is 7.06. The molecule has 1 aliphatic heterocycles. The number of aromatic nitrogens is 1. The number of halogens is 1. The molecule has 2 aromatic carbocycles. The fourth-order valence-electron chi connectivity index (χ4n) is 3.62. The van der Waals surface area contributed by atoms with Crippen LogP contribution in [0.5, 0.6) is 0 Å². The number of nitrogens with one attached hydrogen (secondary N) is 3. The van der Waals surface area contributed by atoms with Gasteiger partial charge in [0.15, 0.2) is 12.1 Å². The van der Waals surface area contributed by atoms with E-state index in [4.69, 9.17) is 10.4 Å². The summed E-state index contributed by atoms with van der Waals surface area (Å²) in [6.07, 6.45) is 4.94. The number of hydrogen-bond donors (Lipinski definition) is 4. The molecule has 1 saturated heterocycles. The van der Waals surface area contributed by atoms with E-state index in [1.54, 1.807) is 12.1 Å². The van der Waals surface area contributed by atoms with Gasteiger partial charge in [0, 0.05) is 41.4 Å². The van der Waals surface area contributed by atoms with Gasteiger partial charge in [-0.1, -0.05) is 6.07 Å². The zero-order valence-corrected chi connectivity index (χ0v) is 16.7. The summed E-state index contributed by atoms with van der Waals surface area (Å²) < 4.78 is 19.2. The molecule has 0 aliphatic carbocycles. The minimum atomic E-state index is -0.502. The Hall–Kier alpha value is -2.57. The van der Waals surface area contributed by atoms with Crippen LogP contribution >= 0.6 is 0 Å². The Morgan fingerprint density at radius 3 is 3.00 bits per heavy atom. The Morgan fingerprint density at radius 1 is 1.28 bits per heavy atom. The Balaban J connectivity index is 1.57. The van der Waals surface area contributed by atoms with Crippen LogP contribution in [0.4, 0.5) is 10.1 Å². The summed E-state index contributed by atoms with van der Waals surface area (Å²) in [6.45, 7) is 2.62. The van der Waals surface area contributed by atoms with Crippen molar-refractivity contribution < 1.29 is 9.50 Å². The summed E-state index contributed by atoms with van der Waals surface area (Å²) in [4.78, 5) is 3.16. The molecule has 1 aromatic heterocycles. The van der Waals surface area contributed by atoms with Crippen molar-refractivity contribution in [2.75, 3.05) is 31.6 Å². The molecular formula is C21H23FN5OS+. The van der Waals surface area contributed by atoms with E-state index in [0.29, 0.717) is 12.6 Å². The monoisotopic (exact) mass is 412 g/mol. The minimum Gasteiger partial charge on any atom is -0.395 e. The largest absolute Gasteiger partial charge is 0.395 e. The third kappa shape index (κ3) is 4.38. The molecule has 4 N–H and O–H groups in total. The number of aromatic amines is 1. The minimum absolute atomic E-state index is 0.0481. The van der Waals surface area contributed by atoms with E-state index in [0.717, 1.165) is 59.2 Å². The molecule has 1 unspecified atom stereocenters. The second kappa shape index (κ2) is 8.84. The van der Waals surface area contributed by atoms with Crippen LogP contribution in [-0.2, 0) is 12.1 Å². The van der Waals surface area contributed by atoms with E-state index < -0.39 is 5.82 Å². The van der Waals surface area contributed by atoms with Crippen LogP contribution in [0.15, 0.2) is 42.7 Å². The smallest absolute Gasteiger partial charge is 0.151 e. The zero-order chi connectivity index (χ0) is 20.2. The summed E-state index contributed by atoms with van der Waals surface area (Å²) in [7, 11) is 0. The molecule has 29 heavy (non-hydrogen) atoms. The highest BCUT2D eigenvalue weighted by molar-refractivity contribution is 7.74. The van der Waals surface area contributed by atoms with Crippen molar-refractivity contribution in [3.63, 3.8) is 0 Å². The lowest BCUT2D eigenvalue weighted by atomic mass is 9.99. The van der Waals surface area contributed by atoms with E-state index >= 15 is 0 Å².